The molecule has 5 heteroatoms. The highest BCUT2D eigenvalue weighted by molar-refractivity contribution is 5.24. The molecule has 2 aromatic rings. The third-order valence-corrected chi connectivity index (χ3v) is 2.64. The molecule has 0 aliphatic heterocycles. The van der Waals surface area contributed by atoms with Crippen LogP contribution >= 0.6 is 0 Å². The summed E-state index contributed by atoms with van der Waals surface area (Å²) in [5.41, 5.74) is -0.0726. The average molecular weight is 228 g/mol. The number of nitriles is 1. The summed E-state index contributed by atoms with van der Waals surface area (Å²) in [5.74, 6) is 0.916. The number of hydrogen-bond acceptors (Lipinski definition) is 3. The van der Waals surface area contributed by atoms with Gasteiger partial charge in [-0.1, -0.05) is 0 Å². The van der Waals surface area contributed by atoms with Crippen molar-refractivity contribution in [1.29, 1.82) is 5.26 Å². The molecule has 0 N–H and O–H groups in total. The Bertz CT molecular complexity index is 618. The maximum Gasteiger partial charge on any atom is 0.268 e. The predicted octanol–water partition coefficient (Wildman–Crippen LogP) is 0.696. The second-order valence-electron chi connectivity index (χ2n) is 3.74. The fourth-order valence-corrected chi connectivity index (χ4v) is 1.66. The average Bonchev–Trinajstić information content (AvgIpc) is 2.74. The van der Waals surface area contributed by atoms with Gasteiger partial charge in [0.1, 0.15) is 17.5 Å². The van der Waals surface area contributed by atoms with Crippen LogP contribution in [-0.2, 0) is 20.0 Å². The molecule has 0 aliphatic rings. The van der Waals surface area contributed by atoms with Gasteiger partial charge in [0.15, 0.2) is 0 Å². The Morgan fingerprint density at radius 2 is 2.29 bits per heavy atom. The van der Waals surface area contributed by atoms with Crippen LogP contribution in [-0.4, -0.2) is 14.1 Å². The minimum absolute atomic E-state index is 0.173. The molecule has 0 saturated heterocycles. The third-order valence-electron chi connectivity index (χ3n) is 2.64. The molecule has 86 valence electrons. The number of aryl methyl sites for hydroxylation is 3. The van der Waals surface area contributed by atoms with E-state index in [-0.39, 0.29) is 11.1 Å². The highest BCUT2D eigenvalue weighted by atomic mass is 16.1. The monoisotopic (exact) mass is 228 g/mol. The summed E-state index contributed by atoms with van der Waals surface area (Å²) in [4.78, 5) is 15.9. The van der Waals surface area contributed by atoms with Crippen molar-refractivity contribution in [3.63, 3.8) is 0 Å². The number of rotatable bonds is 3. The molecule has 0 aromatic carbocycles. The summed E-state index contributed by atoms with van der Waals surface area (Å²) >= 11 is 0. The van der Waals surface area contributed by atoms with E-state index in [9.17, 15) is 4.79 Å². The van der Waals surface area contributed by atoms with Crippen LogP contribution < -0.4 is 5.56 Å². The first kappa shape index (κ1) is 11.1. The van der Waals surface area contributed by atoms with Gasteiger partial charge in [-0.3, -0.25) is 4.79 Å². The Kier molecular flexibility index (Phi) is 3.06. The first-order valence-corrected chi connectivity index (χ1v) is 5.28. The van der Waals surface area contributed by atoms with Gasteiger partial charge >= 0.3 is 0 Å². The van der Waals surface area contributed by atoms with Crippen LogP contribution in [0, 0.1) is 11.3 Å². The van der Waals surface area contributed by atoms with Crippen molar-refractivity contribution < 1.29 is 0 Å². The molecule has 2 heterocycles. The molecule has 0 bridgehead atoms. The van der Waals surface area contributed by atoms with E-state index in [1.54, 1.807) is 18.5 Å². The minimum atomic E-state index is -0.246. The lowest BCUT2D eigenvalue weighted by molar-refractivity contribution is 0.631. The summed E-state index contributed by atoms with van der Waals surface area (Å²) in [6.45, 7) is 0.527. The molecule has 0 amide bonds. The van der Waals surface area contributed by atoms with E-state index in [1.807, 2.05) is 23.9 Å². The molecule has 17 heavy (non-hydrogen) atoms. The highest BCUT2D eigenvalue weighted by Crippen LogP contribution is 1.98. The van der Waals surface area contributed by atoms with E-state index in [0.717, 1.165) is 5.82 Å². The fraction of sp³-hybridized carbons (Fsp3) is 0.250. The van der Waals surface area contributed by atoms with Crippen molar-refractivity contribution in [3.8, 4) is 6.07 Å². The first-order chi connectivity index (χ1) is 8.22. The topological polar surface area (TPSA) is 63.6 Å². The Morgan fingerprint density at radius 3 is 2.94 bits per heavy atom. The molecule has 2 aromatic heterocycles. The molecule has 5 nitrogen and oxygen atoms in total. The summed E-state index contributed by atoms with van der Waals surface area (Å²) in [6, 6.07) is 5.12. The van der Waals surface area contributed by atoms with E-state index in [2.05, 4.69) is 4.98 Å². The maximum absolute atomic E-state index is 11.8. The molecule has 0 atom stereocenters. The van der Waals surface area contributed by atoms with E-state index in [0.29, 0.717) is 13.0 Å². The molecule has 0 radical (unpaired) electrons. The molecular weight excluding hydrogens is 216 g/mol. The number of imidazole rings is 1. The van der Waals surface area contributed by atoms with Crippen LogP contribution in [0.1, 0.15) is 11.4 Å². The highest BCUT2D eigenvalue weighted by Gasteiger charge is 2.04. The van der Waals surface area contributed by atoms with E-state index >= 15 is 0 Å². The number of pyridine rings is 1. The van der Waals surface area contributed by atoms with Gasteiger partial charge < -0.3 is 9.13 Å². The van der Waals surface area contributed by atoms with Crippen LogP contribution in [0.2, 0.25) is 0 Å². The lowest BCUT2D eigenvalue weighted by Crippen LogP contribution is -2.23. The number of aromatic nitrogens is 3. The summed E-state index contributed by atoms with van der Waals surface area (Å²) in [7, 11) is 1.91. The van der Waals surface area contributed by atoms with Crippen LogP contribution in [0.5, 0.6) is 0 Å². The van der Waals surface area contributed by atoms with Gasteiger partial charge in [0.2, 0.25) is 0 Å². The second kappa shape index (κ2) is 4.66. The van der Waals surface area contributed by atoms with Gasteiger partial charge in [0.05, 0.1) is 0 Å². The normalized spacial score (nSPS) is 10.1. The van der Waals surface area contributed by atoms with Crippen molar-refractivity contribution in [2.24, 2.45) is 7.05 Å². The van der Waals surface area contributed by atoms with Crippen molar-refractivity contribution in [2.45, 2.75) is 13.0 Å². The van der Waals surface area contributed by atoms with Gasteiger partial charge in [-0.05, 0) is 12.1 Å². The van der Waals surface area contributed by atoms with E-state index in [4.69, 9.17) is 5.26 Å². The zero-order chi connectivity index (χ0) is 12.3. The van der Waals surface area contributed by atoms with Gasteiger partial charge in [-0.25, -0.2) is 4.98 Å². The molecule has 0 unspecified atom stereocenters. The Hall–Kier alpha value is -2.35. The largest absolute Gasteiger partial charge is 0.338 e. The molecular formula is C12H12N4O. The Balaban J connectivity index is 2.18. The Morgan fingerprint density at radius 1 is 1.47 bits per heavy atom. The van der Waals surface area contributed by atoms with Crippen molar-refractivity contribution in [1.82, 2.24) is 14.1 Å². The summed E-state index contributed by atoms with van der Waals surface area (Å²) in [6.07, 6.45) is 5.94. The second-order valence-corrected chi connectivity index (χ2v) is 3.74. The van der Waals surface area contributed by atoms with Crippen molar-refractivity contribution >= 4 is 0 Å². The van der Waals surface area contributed by atoms with Crippen molar-refractivity contribution in [2.75, 3.05) is 0 Å². The van der Waals surface area contributed by atoms with Gasteiger partial charge in [0, 0.05) is 38.6 Å². The van der Waals surface area contributed by atoms with Crippen LogP contribution in [0.25, 0.3) is 0 Å². The SMILES string of the molecule is Cn1ccnc1CCn1cccc(C#N)c1=O. The zero-order valence-corrected chi connectivity index (χ0v) is 9.50. The minimum Gasteiger partial charge on any atom is -0.338 e. The van der Waals surface area contributed by atoms with Crippen LogP contribution in [0.3, 0.4) is 0 Å². The zero-order valence-electron chi connectivity index (χ0n) is 9.50. The van der Waals surface area contributed by atoms with Crippen molar-refractivity contribution in [3.05, 3.63) is 52.5 Å². The standard InChI is InChI=1S/C12H12N4O/c1-15-8-5-14-11(15)4-7-16-6-2-3-10(9-13)12(16)17/h2-3,5-6,8H,4,7H2,1H3. The fourth-order valence-electron chi connectivity index (χ4n) is 1.66. The predicted molar refractivity (Wildman–Crippen MR) is 62.3 cm³/mol. The molecule has 0 spiro atoms. The molecule has 0 aliphatic carbocycles. The van der Waals surface area contributed by atoms with Gasteiger partial charge in [-0.15, -0.1) is 0 Å². The number of nitrogens with zero attached hydrogens (tertiary/aromatic N) is 4. The van der Waals surface area contributed by atoms with Gasteiger partial charge in [-0.2, -0.15) is 5.26 Å². The van der Waals surface area contributed by atoms with Crippen LogP contribution in [0.4, 0.5) is 0 Å². The third kappa shape index (κ3) is 2.26. The Labute approximate surface area is 98.6 Å². The lowest BCUT2D eigenvalue weighted by atomic mass is 10.3. The van der Waals surface area contributed by atoms with E-state index in [1.165, 1.54) is 10.6 Å². The van der Waals surface area contributed by atoms with Crippen LogP contribution in [0.15, 0.2) is 35.5 Å². The smallest absolute Gasteiger partial charge is 0.268 e. The number of hydrogen-bond donors (Lipinski definition) is 0. The van der Waals surface area contributed by atoms with Gasteiger partial charge in [0.25, 0.3) is 5.56 Å². The lowest BCUT2D eigenvalue weighted by Gasteiger charge is -2.05. The summed E-state index contributed by atoms with van der Waals surface area (Å²) in [5, 5.41) is 8.76. The molecule has 0 fully saturated rings. The maximum atomic E-state index is 11.8. The van der Waals surface area contributed by atoms with E-state index < -0.39 is 0 Å². The first-order valence-electron chi connectivity index (χ1n) is 5.28. The summed E-state index contributed by atoms with van der Waals surface area (Å²) < 4.78 is 3.45. The molecule has 2 rings (SSSR count). The quantitative estimate of drug-likeness (QED) is 0.776. The molecule has 0 saturated carbocycles.